The fourth-order valence-electron chi connectivity index (χ4n) is 3.34. The number of methoxy groups -OCH3 is 2. The second-order valence-corrected chi connectivity index (χ2v) is 6.74. The van der Waals surface area contributed by atoms with Crippen LogP contribution in [-0.4, -0.2) is 24.2 Å². The molecule has 4 aromatic rings. The molecule has 1 heterocycles. The fraction of sp³-hybridized carbons (Fsp3) is 0.167. The molecule has 0 unspecified atom stereocenters. The number of nitrogens with one attached hydrogen (secondary N) is 2. The Kier molecular flexibility index (Phi) is 5.94. The van der Waals surface area contributed by atoms with Crippen LogP contribution < -0.4 is 20.1 Å². The summed E-state index contributed by atoms with van der Waals surface area (Å²) >= 11 is 0. The van der Waals surface area contributed by atoms with Gasteiger partial charge < -0.3 is 20.1 Å². The van der Waals surface area contributed by atoms with Gasteiger partial charge >= 0.3 is 0 Å². The lowest BCUT2D eigenvalue weighted by Gasteiger charge is -2.14. The molecule has 0 amide bonds. The lowest BCUT2D eigenvalue weighted by Crippen LogP contribution is -2.09. The summed E-state index contributed by atoms with van der Waals surface area (Å²) in [4.78, 5) is 9.39. The molecule has 0 saturated heterocycles. The highest BCUT2D eigenvalue weighted by Gasteiger charge is 2.10. The van der Waals surface area contributed by atoms with Crippen molar-refractivity contribution < 1.29 is 9.47 Å². The second kappa shape index (κ2) is 9.13. The molecule has 0 bridgehead atoms. The van der Waals surface area contributed by atoms with Gasteiger partial charge in [0.1, 0.15) is 17.3 Å². The molecule has 2 N–H and O–H groups in total. The molecule has 6 nitrogen and oxygen atoms in total. The Morgan fingerprint density at radius 3 is 1.90 bits per heavy atom. The van der Waals surface area contributed by atoms with Crippen LogP contribution >= 0.6 is 0 Å². The van der Waals surface area contributed by atoms with Gasteiger partial charge in [-0.15, -0.1) is 0 Å². The van der Waals surface area contributed by atoms with Crippen molar-refractivity contribution in [2.24, 2.45) is 0 Å². The monoisotopic (exact) mass is 400 g/mol. The summed E-state index contributed by atoms with van der Waals surface area (Å²) in [5, 5.41) is 7.73. The zero-order valence-electron chi connectivity index (χ0n) is 17.1. The van der Waals surface area contributed by atoms with Crippen LogP contribution in [0, 0.1) is 0 Å². The largest absolute Gasteiger partial charge is 0.496 e. The van der Waals surface area contributed by atoms with E-state index in [1.807, 2.05) is 72.8 Å². The van der Waals surface area contributed by atoms with Crippen molar-refractivity contribution in [3.8, 4) is 11.5 Å². The SMILES string of the molecule is COc1ccccc1CNc1nc(NCc2ccccc2OC)c2ccccc2n1. The standard InChI is InChI=1S/C24H24N4O2/c1-29-21-13-7-3-9-17(21)15-25-23-19-11-5-6-12-20(19)27-24(28-23)26-16-18-10-4-8-14-22(18)30-2/h3-14H,15-16H2,1-2H3,(H2,25,26,27,28). The Balaban J connectivity index is 1.59. The summed E-state index contributed by atoms with van der Waals surface area (Å²) in [7, 11) is 3.35. The van der Waals surface area contributed by atoms with Crippen molar-refractivity contribution in [2.45, 2.75) is 13.1 Å². The lowest BCUT2D eigenvalue weighted by molar-refractivity contribution is 0.410. The number of rotatable bonds is 8. The number of para-hydroxylation sites is 3. The van der Waals surface area contributed by atoms with Crippen molar-refractivity contribution in [2.75, 3.05) is 24.9 Å². The van der Waals surface area contributed by atoms with Gasteiger partial charge in [0.15, 0.2) is 0 Å². The Morgan fingerprint density at radius 1 is 0.667 bits per heavy atom. The summed E-state index contributed by atoms with van der Waals surface area (Å²) in [6, 6.07) is 23.8. The lowest BCUT2D eigenvalue weighted by atomic mass is 10.2. The van der Waals surface area contributed by atoms with Crippen LogP contribution in [0.5, 0.6) is 11.5 Å². The average Bonchev–Trinajstić information content (AvgIpc) is 2.81. The molecule has 6 heteroatoms. The minimum Gasteiger partial charge on any atom is -0.496 e. The van der Waals surface area contributed by atoms with Crippen LogP contribution in [0.3, 0.4) is 0 Å². The Bertz CT molecular complexity index is 1150. The number of hydrogen-bond acceptors (Lipinski definition) is 6. The van der Waals surface area contributed by atoms with Crippen molar-refractivity contribution in [3.05, 3.63) is 83.9 Å². The number of fused-ring (bicyclic) bond motifs is 1. The van der Waals surface area contributed by atoms with Gasteiger partial charge in [-0.05, 0) is 24.3 Å². The third-order valence-corrected chi connectivity index (χ3v) is 4.87. The second-order valence-electron chi connectivity index (χ2n) is 6.74. The molecule has 0 saturated carbocycles. The maximum absolute atomic E-state index is 5.46. The summed E-state index contributed by atoms with van der Waals surface area (Å²) in [5.41, 5.74) is 2.98. The highest BCUT2D eigenvalue weighted by molar-refractivity contribution is 5.90. The average molecular weight is 400 g/mol. The number of aromatic nitrogens is 2. The first-order chi connectivity index (χ1) is 14.8. The van der Waals surface area contributed by atoms with Gasteiger partial charge in [-0.2, -0.15) is 4.98 Å². The third-order valence-electron chi connectivity index (χ3n) is 4.87. The molecule has 0 spiro atoms. The van der Waals surface area contributed by atoms with Gasteiger partial charge in [-0.25, -0.2) is 4.98 Å². The maximum Gasteiger partial charge on any atom is 0.225 e. The summed E-state index contributed by atoms with van der Waals surface area (Å²) in [6.07, 6.45) is 0. The molecule has 0 atom stereocenters. The first kappa shape index (κ1) is 19.5. The van der Waals surface area contributed by atoms with E-state index in [0.29, 0.717) is 19.0 Å². The first-order valence-corrected chi connectivity index (χ1v) is 9.77. The number of nitrogens with zero attached hydrogens (tertiary/aromatic N) is 2. The van der Waals surface area contributed by atoms with E-state index in [2.05, 4.69) is 15.6 Å². The molecule has 1 aromatic heterocycles. The quantitative estimate of drug-likeness (QED) is 0.440. The third kappa shape index (κ3) is 4.27. The Labute approximate surface area is 175 Å². The van der Waals surface area contributed by atoms with E-state index in [9.17, 15) is 0 Å². The summed E-state index contributed by atoms with van der Waals surface area (Å²) in [5.74, 6) is 3.01. The molecular formula is C24H24N4O2. The molecule has 0 aliphatic rings. The zero-order chi connectivity index (χ0) is 20.8. The fourth-order valence-corrected chi connectivity index (χ4v) is 3.34. The Morgan fingerprint density at radius 2 is 1.23 bits per heavy atom. The Hall–Kier alpha value is -3.80. The highest BCUT2D eigenvalue weighted by atomic mass is 16.5. The minimum absolute atomic E-state index is 0.558. The molecule has 3 aromatic carbocycles. The number of hydrogen-bond donors (Lipinski definition) is 2. The van der Waals surface area contributed by atoms with Crippen LogP contribution in [-0.2, 0) is 13.1 Å². The highest BCUT2D eigenvalue weighted by Crippen LogP contribution is 2.25. The van der Waals surface area contributed by atoms with Gasteiger partial charge in [0.2, 0.25) is 5.95 Å². The molecule has 152 valence electrons. The van der Waals surface area contributed by atoms with Crippen LogP contribution in [0.4, 0.5) is 11.8 Å². The van der Waals surface area contributed by atoms with Crippen LogP contribution in [0.15, 0.2) is 72.8 Å². The minimum atomic E-state index is 0.558. The van der Waals surface area contributed by atoms with Gasteiger partial charge in [0.25, 0.3) is 0 Å². The van der Waals surface area contributed by atoms with Gasteiger partial charge in [0.05, 0.1) is 19.7 Å². The van der Waals surface area contributed by atoms with Crippen molar-refractivity contribution in [3.63, 3.8) is 0 Å². The summed E-state index contributed by atoms with van der Waals surface area (Å²) < 4.78 is 10.9. The van der Waals surface area contributed by atoms with E-state index in [0.717, 1.165) is 39.3 Å². The van der Waals surface area contributed by atoms with E-state index in [-0.39, 0.29) is 0 Å². The molecule has 0 radical (unpaired) electrons. The predicted octanol–water partition coefficient (Wildman–Crippen LogP) is 4.87. The smallest absolute Gasteiger partial charge is 0.225 e. The van der Waals surface area contributed by atoms with E-state index >= 15 is 0 Å². The normalized spacial score (nSPS) is 10.6. The molecule has 4 rings (SSSR count). The molecule has 0 fully saturated rings. The van der Waals surface area contributed by atoms with Gasteiger partial charge in [-0.3, -0.25) is 0 Å². The molecule has 0 aliphatic heterocycles. The number of benzene rings is 3. The van der Waals surface area contributed by atoms with Crippen LogP contribution in [0.2, 0.25) is 0 Å². The zero-order valence-corrected chi connectivity index (χ0v) is 17.1. The topological polar surface area (TPSA) is 68.3 Å². The molecular weight excluding hydrogens is 376 g/mol. The van der Waals surface area contributed by atoms with E-state index < -0.39 is 0 Å². The first-order valence-electron chi connectivity index (χ1n) is 9.77. The van der Waals surface area contributed by atoms with Crippen molar-refractivity contribution in [1.82, 2.24) is 9.97 Å². The van der Waals surface area contributed by atoms with Gasteiger partial charge in [-0.1, -0.05) is 48.5 Å². The van der Waals surface area contributed by atoms with E-state index in [1.165, 1.54) is 0 Å². The summed E-state index contributed by atoms with van der Waals surface area (Å²) in [6.45, 7) is 1.16. The van der Waals surface area contributed by atoms with Crippen molar-refractivity contribution in [1.29, 1.82) is 0 Å². The van der Waals surface area contributed by atoms with E-state index in [4.69, 9.17) is 14.5 Å². The predicted molar refractivity (Wildman–Crippen MR) is 120 cm³/mol. The molecule has 30 heavy (non-hydrogen) atoms. The van der Waals surface area contributed by atoms with Crippen molar-refractivity contribution >= 4 is 22.7 Å². The molecule has 0 aliphatic carbocycles. The maximum atomic E-state index is 5.46. The van der Waals surface area contributed by atoms with Crippen LogP contribution in [0.1, 0.15) is 11.1 Å². The van der Waals surface area contributed by atoms with Gasteiger partial charge in [0, 0.05) is 29.6 Å². The number of anilines is 2. The van der Waals surface area contributed by atoms with Crippen LogP contribution in [0.25, 0.3) is 10.9 Å². The number of ether oxygens (including phenoxy) is 2. The van der Waals surface area contributed by atoms with E-state index in [1.54, 1.807) is 14.2 Å².